The van der Waals surface area contributed by atoms with Crippen LogP contribution in [0.3, 0.4) is 0 Å². The normalized spacial score (nSPS) is 17.2. The van der Waals surface area contributed by atoms with E-state index in [1.165, 1.54) is 66.5 Å². The number of hydrogen-bond donors (Lipinski definition) is 0. The van der Waals surface area contributed by atoms with E-state index in [-0.39, 0.29) is 17.4 Å². The van der Waals surface area contributed by atoms with E-state index in [0.717, 1.165) is 30.4 Å². The zero-order valence-electron chi connectivity index (χ0n) is 35.3. The Hall–Kier alpha value is -6.51. The minimum absolute atomic E-state index is 0.0553. The summed E-state index contributed by atoms with van der Waals surface area (Å²) in [6.07, 6.45) is 26.0. The van der Waals surface area contributed by atoms with Crippen LogP contribution in [-0.4, -0.2) is 16.8 Å². The summed E-state index contributed by atoms with van der Waals surface area (Å²) in [6.45, 7) is 9.28. The molecule has 9 rings (SSSR count). The smallest absolute Gasteiger partial charge is 0.201 e. The fourth-order valence-corrected chi connectivity index (χ4v) is 9.47. The predicted octanol–water partition coefficient (Wildman–Crippen LogP) is 15.4. The molecule has 0 saturated carbocycles. The number of nitrogens with zero attached hydrogens (tertiary/aromatic N) is 1. The SMILES string of the molecule is CCC(/C=C\C=[N+](C1=CC(c2ccccc2)CC=C1)C(/C=C\C=C\c1ccc2c(c1)-c1ccc(-c3ccccc3)cc1C2(C)C)CC)c1cccc2oc3ccccc3c12. The summed E-state index contributed by atoms with van der Waals surface area (Å²) in [6, 6.07) is 50.6. The highest BCUT2D eigenvalue weighted by Crippen LogP contribution is 2.50. The van der Waals surface area contributed by atoms with Crippen molar-refractivity contribution in [1.82, 2.24) is 0 Å². The maximum absolute atomic E-state index is 6.27. The van der Waals surface area contributed by atoms with Gasteiger partial charge in [-0.05, 0) is 105 Å². The molecule has 3 atom stereocenters. The van der Waals surface area contributed by atoms with Gasteiger partial charge in [0.2, 0.25) is 5.70 Å². The van der Waals surface area contributed by atoms with E-state index in [1.807, 2.05) is 6.07 Å². The highest BCUT2D eigenvalue weighted by molar-refractivity contribution is 6.07. The lowest BCUT2D eigenvalue weighted by molar-refractivity contribution is -0.497. The molecule has 7 aromatic rings. The molecule has 2 nitrogen and oxygen atoms in total. The summed E-state index contributed by atoms with van der Waals surface area (Å²) in [5.74, 6) is 0.581. The van der Waals surface area contributed by atoms with E-state index in [2.05, 4.69) is 227 Å². The van der Waals surface area contributed by atoms with Crippen molar-refractivity contribution in [3.8, 4) is 22.3 Å². The molecule has 0 N–H and O–H groups in total. The van der Waals surface area contributed by atoms with Gasteiger partial charge in [0, 0.05) is 40.5 Å². The van der Waals surface area contributed by atoms with E-state index >= 15 is 0 Å². The monoisotopic (exact) mass is 780 g/mol. The van der Waals surface area contributed by atoms with Crippen LogP contribution in [0.2, 0.25) is 0 Å². The van der Waals surface area contributed by atoms with Crippen LogP contribution >= 0.6 is 0 Å². The molecule has 1 aromatic heterocycles. The van der Waals surface area contributed by atoms with Crippen LogP contribution in [-0.2, 0) is 5.41 Å². The summed E-state index contributed by atoms with van der Waals surface area (Å²) >= 11 is 0. The van der Waals surface area contributed by atoms with Gasteiger partial charge in [0.15, 0.2) is 12.3 Å². The molecule has 0 saturated heterocycles. The van der Waals surface area contributed by atoms with Crippen LogP contribution in [0.25, 0.3) is 50.3 Å². The summed E-state index contributed by atoms with van der Waals surface area (Å²) in [7, 11) is 0. The molecular weight excluding hydrogens is 727 g/mol. The molecule has 3 unspecified atom stereocenters. The second-order valence-electron chi connectivity index (χ2n) is 16.8. The number of fused-ring (bicyclic) bond motifs is 6. The molecule has 0 bridgehead atoms. The molecule has 2 aliphatic carbocycles. The predicted molar refractivity (Wildman–Crippen MR) is 255 cm³/mol. The van der Waals surface area contributed by atoms with Crippen LogP contribution in [0.15, 0.2) is 198 Å². The molecule has 0 radical (unpaired) electrons. The van der Waals surface area contributed by atoms with Crippen molar-refractivity contribution in [2.24, 2.45) is 0 Å². The molecular formula is C58H54NO+. The van der Waals surface area contributed by atoms with Crippen LogP contribution in [0.5, 0.6) is 0 Å². The number of para-hydroxylation sites is 1. The largest absolute Gasteiger partial charge is 0.456 e. The van der Waals surface area contributed by atoms with Crippen molar-refractivity contribution >= 4 is 34.2 Å². The Morgan fingerprint density at radius 1 is 0.683 bits per heavy atom. The lowest BCUT2D eigenvalue weighted by Gasteiger charge is -2.22. The van der Waals surface area contributed by atoms with Crippen molar-refractivity contribution in [2.75, 3.05) is 0 Å². The van der Waals surface area contributed by atoms with Crippen molar-refractivity contribution in [2.45, 2.75) is 70.3 Å². The van der Waals surface area contributed by atoms with Gasteiger partial charge < -0.3 is 4.42 Å². The highest BCUT2D eigenvalue weighted by atomic mass is 16.3. The number of furan rings is 1. The number of benzene rings is 6. The first kappa shape index (κ1) is 39.0. The van der Waals surface area contributed by atoms with Crippen LogP contribution < -0.4 is 0 Å². The molecule has 0 fully saturated rings. The lowest BCUT2D eigenvalue weighted by atomic mass is 9.81. The first-order chi connectivity index (χ1) is 29.4. The molecule has 2 aliphatic rings. The molecule has 0 spiro atoms. The van der Waals surface area contributed by atoms with Gasteiger partial charge in [-0.3, -0.25) is 0 Å². The Kier molecular flexibility index (Phi) is 11.0. The number of allylic oxidation sites excluding steroid dienone is 7. The van der Waals surface area contributed by atoms with Gasteiger partial charge in [0.25, 0.3) is 0 Å². The van der Waals surface area contributed by atoms with E-state index in [1.54, 1.807) is 0 Å². The van der Waals surface area contributed by atoms with E-state index in [4.69, 9.17) is 4.42 Å². The van der Waals surface area contributed by atoms with Gasteiger partial charge in [0.05, 0.1) is 0 Å². The summed E-state index contributed by atoms with van der Waals surface area (Å²) in [5, 5.41) is 2.40. The van der Waals surface area contributed by atoms with Gasteiger partial charge in [-0.15, -0.1) is 0 Å². The Balaban J connectivity index is 1.01. The van der Waals surface area contributed by atoms with E-state index < -0.39 is 0 Å². The molecule has 296 valence electrons. The van der Waals surface area contributed by atoms with Gasteiger partial charge in [-0.2, -0.15) is 4.58 Å². The van der Waals surface area contributed by atoms with Gasteiger partial charge in [0.1, 0.15) is 11.2 Å². The van der Waals surface area contributed by atoms with Crippen LogP contribution in [0, 0.1) is 0 Å². The highest BCUT2D eigenvalue weighted by Gasteiger charge is 2.35. The van der Waals surface area contributed by atoms with Crippen LogP contribution in [0.4, 0.5) is 0 Å². The first-order valence-corrected chi connectivity index (χ1v) is 21.8. The van der Waals surface area contributed by atoms with Crippen molar-refractivity contribution < 1.29 is 8.99 Å². The second kappa shape index (κ2) is 17.0. The number of rotatable bonds is 12. The van der Waals surface area contributed by atoms with Crippen molar-refractivity contribution in [3.05, 3.63) is 222 Å². The van der Waals surface area contributed by atoms with Crippen molar-refractivity contribution in [3.63, 3.8) is 0 Å². The third-order valence-electron chi connectivity index (χ3n) is 12.8. The average molecular weight is 781 g/mol. The molecule has 0 amide bonds. The van der Waals surface area contributed by atoms with Gasteiger partial charge >= 0.3 is 0 Å². The summed E-state index contributed by atoms with van der Waals surface area (Å²) in [4.78, 5) is 0. The Bertz CT molecular complexity index is 2840. The quantitative estimate of drug-likeness (QED) is 0.0685. The molecule has 60 heavy (non-hydrogen) atoms. The minimum atomic E-state index is -0.0553. The fraction of sp³-hybridized carbons (Fsp3) is 0.190. The zero-order chi connectivity index (χ0) is 41.1. The maximum atomic E-state index is 6.27. The van der Waals surface area contributed by atoms with Crippen LogP contribution in [0.1, 0.15) is 86.6 Å². The molecule has 2 heteroatoms. The van der Waals surface area contributed by atoms with E-state index in [9.17, 15) is 0 Å². The topological polar surface area (TPSA) is 16.1 Å². The molecule has 0 aliphatic heterocycles. The molecule has 1 heterocycles. The third-order valence-corrected chi connectivity index (χ3v) is 12.8. The zero-order valence-corrected chi connectivity index (χ0v) is 35.3. The first-order valence-electron chi connectivity index (χ1n) is 21.8. The van der Waals surface area contributed by atoms with Gasteiger partial charge in [-0.25, -0.2) is 0 Å². The summed E-state index contributed by atoms with van der Waals surface area (Å²) in [5.41, 5.74) is 14.9. The lowest BCUT2D eigenvalue weighted by Crippen LogP contribution is -2.25. The van der Waals surface area contributed by atoms with Gasteiger partial charge in [-0.1, -0.05) is 173 Å². The fourth-order valence-electron chi connectivity index (χ4n) is 9.47. The van der Waals surface area contributed by atoms with E-state index in [0.29, 0.717) is 5.92 Å². The number of hydrogen-bond acceptors (Lipinski definition) is 1. The Labute approximate surface area is 355 Å². The Morgan fingerprint density at radius 3 is 2.28 bits per heavy atom. The van der Waals surface area contributed by atoms with Crippen molar-refractivity contribution in [1.29, 1.82) is 0 Å². The average Bonchev–Trinajstić information content (AvgIpc) is 3.79. The second-order valence-corrected chi connectivity index (χ2v) is 16.8. The minimum Gasteiger partial charge on any atom is -0.456 e. The standard InChI is InChI=1S/C58H54NO/c1-5-42(49-30-18-32-56-57(49)51-29-15-16-31-55(51)60-56)26-19-37-59(48-28-17-25-45(39-48)43-21-9-7-10-22-43)47(6-2)27-14-13-20-41-33-36-53-52(38-41)50-35-34-46(40-54(50)58(53,3)4)44-23-11-8-12-24-44/h7-24,26-40,42,45,47H,5-6,25H2,1-4H3/q+1/b20-13+,26-19-,27-14-,59-37?. The molecule has 6 aromatic carbocycles. The summed E-state index contributed by atoms with van der Waals surface area (Å²) < 4.78 is 8.73. The third kappa shape index (κ3) is 7.59. The maximum Gasteiger partial charge on any atom is 0.201 e. The Morgan fingerprint density at radius 2 is 1.47 bits per heavy atom.